The first-order chi connectivity index (χ1) is 8.59. The molecule has 0 amide bonds. The van der Waals surface area contributed by atoms with E-state index in [4.69, 9.17) is 5.11 Å². The van der Waals surface area contributed by atoms with Crippen LogP contribution in [-0.4, -0.2) is 20.6 Å². The molecule has 1 aromatic carbocycles. The lowest BCUT2D eigenvalue weighted by Crippen LogP contribution is -2.04. The lowest BCUT2D eigenvalue weighted by atomic mass is 10.1. The summed E-state index contributed by atoms with van der Waals surface area (Å²) in [6.45, 7) is 2.05. The van der Waals surface area contributed by atoms with Crippen LogP contribution in [-0.2, 0) is 18.3 Å². The van der Waals surface area contributed by atoms with Crippen molar-refractivity contribution in [2.45, 2.75) is 19.8 Å². The van der Waals surface area contributed by atoms with Gasteiger partial charge in [-0.2, -0.15) is 0 Å². The molecule has 1 heterocycles. The van der Waals surface area contributed by atoms with Gasteiger partial charge < -0.3 is 9.67 Å². The first-order valence-electron chi connectivity index (χ1n) is 5.88. The Morgan fingerprint density at radius 1 is 1.39 bits per heavy atom. The van der Waals surface area contributed by atoms with Gasteiger partial charge in [-0.3, -0.25) is 4.79 Å². The molecule has 1 N–H and O–H groups in total. The fourth-order valence-electron chi connectivity index (χ4n) is 2.01. The Kier molecular flexibility index (Phi) is 3.46. The minimum atomic E-state index is -0.796. The Labute approximate surface area is 106 Å². The molecule has 2 aromatic rings. The number of carboxylic acid groups (broad SMARTS) is 1. The average Bonchev–Trinajstić information content (AvgIpc) is 2.69. The third kappa shape index (κ3) is 2.42. The summed E-state index contributed by atoms with van der Waals surface area (Å²) in [5, 5.41) is 8.70. The van der Waals surface area contributed by atoms with Gasteiger partial charge in [-0.15, -0.1) is 0 Å². The number of aryl methyl sites for hydroxylation is 2. The molecular formula is C14H16N2O2. The number of aromatic nitrogens is 2. The number of benzene rings is 1. The molecule has 4 heteroatoms. The number of rotatable bonds is 4. The van der Waals surface area contributed by atoms with Crippen LogP contribution in [0.15, 0.2) is 30.5 Å². The molecule has 0 fully saturated rings. The molecule has 0 saturated heterocycles. The van der Waals surface area contributed by atoms with Crippen molar-refractivity contribution < 1.29 is 9.90 Å². The van der Waals surface area contributed by atoms with Crippen LogP contribution in [0.4, 0.5) is 0 Å². The lowest BCUT2D eigenvalue weighted by Gasteiger charge is -2.07. The zero-order chi connectivity index (χ0) is 13.1. The van der Waals surface area contributed by atoms with E-state index in [1.807, 2.05) is 29.8 Å². The summed E-state index contributed by atoms with van der Waals surface area (Å²) in [4.78, 5) is 14.9. The third-order valence-electron chi connectivity index (χ3n) is 3.07. The summed E-state index contributed by atoms with van der Waals surface area (Å²) in [5.41, 5.74) is 3.34. The van der Waals surface area contributed by atoms with Crippen LogP contribution < -0.4 is 0 Å². The molecule has 0 aliphatic rings. The van der Waals surface area contributed by atoms with Gasteiger partial charge in [0.2, 0.25) is 0 Å². The molecule has 4 nitrogen and oxygen atoms in total. The third-order valence-corrected chi connectivity index (χ3v) is 3.07. The van der Waals surface area contributed by atoms with Crippen molar-refractivity contribution >= 4 is 5.97 Å². The van der Waals surface area contributed by atoms with Crippen LogP contribution in [0, 0.1) is 6.92 Å². The minimum Gasteiger partial charge on any atom is -0.481 e. The normalized spacial score (nSPS) is 10.6. The molecule has 0 saturated carbocycles. The van der Waals surface area contributed by atoms with E-state index in [0.717, 1.165) is 17.1 Å². The SMILES string of the molecule is Cc1ccccc1-c1cnc(CCC(=O)O)n1C. The van der Waals surface area contributed by atoms with E-state index in [2.05, 4.69) is 18.0 Å². The Hall–Kier alpha value is -2.10. The van der Waals surface area contributed by atoms with Gasteiger partial charge in [-0.05, 0) is 12.5 Å². The average molecular weight is 244 g/mol. The van der Waals surface area contributed by atoms with Crippen molar-refractivity contribution in [3.8, 4) is 11.3 Å². The molecule has 0 bridgehead atoms. The van der Waals surface area contributed by atoms with E-state index in [-0.39, 0.29) is 6.42 Å². The number of hydrogen-bond donors (Lipinski definition) is 1. The van der Waals surface area contributed by atoms with Crippen LogP contribution in [0.3, 0.4) is 0 Å². The maximum absolute atomic E-state index is 10.6. The van der Waals surface area contributed by atoms with E-state index in [1.165, 1.54) is 5.56 Å². The maximum Gasteiger partial charge on any atom is 0.303 e. The van der Waals surface area contributed by atoms with Crippen molar-refractivity contribution in [1.82, 2.24) is 9.55 Å². The number of nitrogens with zero attached hydrogens (tertiary/aromatic N) is 2. The predicted molar refractivity (Wildman–Crippen MR) is 69.3 cm³/mol. The molecule has 0 unspecified atom stereocenters. The van der Waals surface area contributed by atoms with Crippen LogP contribution in [0.2, 0.25) is 0 Å². The molecule has 1 aromatic heterocycles. The number of carbonyl (C=O) groups is 1. The van der Waals surface area contributed by atoms with Crippen LogP contribution >= 0.6 is 0 Å². The van der Waals surface area contributed by atoms with Gasteiger partial charge in [-0.1, -0.05) is 24.3 Å². The second kappa shape index (κ2) is 5.04. The lowest BCUT2D eigenvalue weighted by molar-refractivity contribution is -0.137. The van der Waals surface area contributed by atoms with Gasteiger partial charge >= 0.3 is 5.97 Å². The van der Waals surface area contributed by atoms with E-state index in [0.29, 0.717) is 6.42 Å². The highest BCUT2D eigenvalue weighted by Crippen LogP contribution is 2.23. The van der Waals surface area contributed by atoms with E-state index in [9.17, 15) is 4.79 Å². The van der Waals surface area contributed by atoms with Gasteiger partial charge in [0.15, 0.2) is 0 Å². The summed E-state index contributed by atoms with van der Waals surface area (Å²) in [5.74, 6) is 0.00564. The standard InChI is InChI=1S/C14H16N2O2/c1-10-5-3-4-6-11(10)12-9-15-13(16(12)2)7-8-14(17)18/h3-6,9H,7-8H2,1-2H3,(H,17,18). The molecule has 94 valence electrons. The largest absolute Gasteiger partial charge is 0.481 e. The highest BCUT2D eigenvalue weighted by Gasteiger charge is 2.11. The van der Waals surface area contributed by atoms with Crippen LogP contribution in [0.1, 0.15) is 17.8 Å². The number of aliphatic carboxylic acids is 1. The fraction of sp³-hybridized carbons (Fsp3) is 0.286. The highest BCUT2D eigenvalue weighted by atomic mass is 16.4. The molecular weight excluding hydrogens is 228 g/mol. The second-order valence-electron chi connectivity index (χ2n) is 4.33. The van der Waals surface area contributed by atoms with Crippen molar-refractivity contribution in [2.75, 3.05) is 0 Å². The fourth-order valence-corrected chi connectivity index (χ4v) is 2.01. The van der Waals surface area contributed by atoms with Crippen molar-refractivity contribution in [3.63, 3.8) is 0 Å². The molecule has 0 aliphatic carbocycles. The zero-order valence-electron chi connectivity index (χ0n) is 10.6. The molecule has 0 radical (unpaired) electrons. The van der Waals surface area contributed by atoms with Crippen LogP contribution in [0.5, 0.6) is 0 Å². The highest BCUT2D eigenvalue weighted by molar-refractivity contribution is 5.67. The van der Waals surface area contributed by atoms with E-state index >= 15 is 0 Å². The summed E-state index contributed by atoms with van der Waals surface area (Å²) in [6.07, 6.45) is 2.37. The van der Waals surface area contributed by atoms with Crippen molar-refractivity contribution in [2.24, 2.45) is 7.05 Å². The molecule has 0 spiro atoms. The number of hydrogen-bond acceptors (Lipinski definition) is 2. The van der Waals surface area contributed by atoms with Gasteiger partial charge in [0.25, 0.3) is 0 Å². The molecule has 0 aliphatic heterocycles. The summed E-state index contributed by atoms with van der Waals surface area (Å²) in [7, 11) is 1.92. The predicted octanol–water partition coefficient (Wildman–Crippen LogP) is 2.41. The smallest absolute Gasteiger partial charge is 0.303 e. The first kappa shape index (κ1) is 12.4. The Morgan fingerprint density at radius 3 is 2.78 bits per heavy atom. The summed E-state index contributed by atoms with van der Waals surface area (Å²) < 4.78 is 1.96. The zero-order valence-corrected chi connectivity index (χ0v) is 10.6. The maximum atomic E-state index is 10.6. The van der Waals surface area contributed by atoms with Gasteiger partial charge in [0, 0.05) is 19.0 Å². The van der Waals surface area contributed by atoms with E-state index < -0.39 is 5.97 Å². The molecule has 2 rings (SSSR count). The molecule has 0 atom stereocenters. The summed E-state index contributed by atoms with van der Waals surface area (Å²) in [6, 6.07) is 8.10. The topological polar surface area (TPSA) is 55.1 Å². The van der Waals surface area contributed by atoms with E-state index in [1.54, 1.807) is 6.20 Å². The Bertz CT molecular complexity index is 573. The van der Waals surface area contributed by atoms with Gasteiger partial charge in [-0.25, -0.2) is 4.98 Å². The van der Waals surface area contributed by atoms with Crippen molar-refractivity contribution in [1.29, 1.82) is 0 Å². The van der Waals surface area contributed by atoms with Gasteiger partial charge in [0.1, 0.15) is 5.82 Å². The summed E-state index contributed by atoms with van der Waals surface area (Å²) >= 11 is 0. The monoisotopic (exact) mass is 244 g/mol. The molecule has 18 heavy (non-hydrogen) atoms. The quantitative estimate of drug-likeness (QED) is 0.898. The number of imidazole rings is 1. The first-order valence-corrected chi connectivity index (χ1v) is 5.88. The Balaban J connectivity index is 2.31. The van der Waals surface area contributed by atoms with Gasteiger partial charge in [0.05, 0.1) is 18.3 Å². The Morgan fingerprint density at radius 2 is 2.11 bits per heavy atom. The van der Waals surface area contributed by atoms with Crippen LogP contribution in [0.25, 0.3) is 11.3 Å². The second-order valence-corrected chi connectivity index (χ2v) is 4.33. The van der Waals surface area contributed by atoms with Crippen molar-refractivity contribution in [3.05, 3.63) is 41.9 Å². The minimum absolute atomic E-state index is 0.109. The number of carboxylic acids is 1.